The second-order valence-electron chi connectivity index (χ2n) is 6.37. The van der Waals surface area contributed by atoms with Crippen LogP contribution in [-0.2, 0) is 4.79 Å². The second kappa shape index (κ2) is 6.15. The van der Waals surface area contributed by atoms with E-state index < -0.39 is 9.75 Å². The van der Waals surface area contributed by atoms with Gasteiger partial charge in [-0.25, -0.2) is 0 Å². The summed E-state index contributed by atoms with van der Waals surface area (Å²) in [5.41, 5.74) is -0.0319. The Morgan fingerprint density at radius 1 is 1.30 bits per heavy atom. The number of carbonyl (C=O) groups excluding carboxylic acids is 2. The molecular weight excluding hydrogens is 359 g/mol. The topological polar surface area (TPSA) is 49.4 Å². The zero-order valence-corrected chi connectivity index (χ0v) is 15.7. The van der Waals surface area contributed by atoms with E-state index in [1.54, 1.807) is 37.1 Å². The molecule has 0 aromatic heterocycles. The summed E-state index contributed by atoms with van der Waals surface area (Å²) in [5, 5.41) is 3.07. The second-order valence-corrected chi connectivity index (χ2v) is 8.26. The van der Waals surface area contributed by atoms with Crippen molar-refractivity contribution in [3.05, 3.63) is 28.8 Å². The first-order chi connectivity index (χ1) is 10.5. The van der Waals surface area contributed by atoms with Gasteiger partial charge in [-0.3, -0.25) is 9.59 Å². The van der Waals surface area contributed by atoms with Crippen LogP contribution in [0.4, 0.5) is 5.69 Å². The highest BCUT2D eigenvalue weighted by Crippen LogP contribution is 2.64. The molecule has 2 amide bonds. The Kier molecular flexibility index (Phi) is 4.91. The number of amides is 2. The van der Waals surface area contributed by atoms with Crippen molar-refractivity contribution in [3.8, 4) is 0 Å². The molecule has 0 bridgehead atoms. The minimum Gasteiger partial charge on any atom is -0.339 e. The minimum atomic E-state index is -1.06. The lowest BCUT2D eigenvalue weighted by atomic mass is 10.1. The number of nitrogens with zero attached hydrogens (tertiary/aromatic N) is 1. The van der Waals surface area contributed by atoms with Crippen molar-refractivity contribution in [2.24, 2.45) is 5.41 Å². The lowest BCUT2D eigenvalue weighted by Crippen LogP contribution is -2.33. The monoisotopic (exact) mass is 376 g/mol. The molecule has 1 atom stereocenters. The van der Waals surface area contributed by atoms with Gasteiger partial charge in [0.25, 0.3) is 5.91 Å². The van der Waals surface area contributed by atoms with Crippen LogP contribution >= 0.6 is 34.8 Å². The average Bonchev–Trinajstić information content (AvgIpc) is 2.99. The summed E-state index contributed by atoms with van der Waals surface area (Å²) >= 11 is 18.2. The molecule has 1 aliphatic carbocycles. The van der Waals surface area contributed by atoms with Crippen LogP contribution in [0.2, 0.25) is 5.02 Å². The predicted molar refractivity (Wildman–Crippen MR) is 94.5 cm³/mol. The fourth-order valence-corrected chi connectivity index (χ4v) is 2.97. The van der Waals surface area contributed by atoms with Crippen LogP contribution in [0.3, 0.4) is 0 Å². The summed E-state index contributed by atoms with van der Waals surface area (Å²) in [6, 6.07) is 4.85. The summed E-state index contributed by atoms with van der Waals surface area (Å²) in [4.78, 5) is 26.3. The third-order valence-corrected chi connectivity index (χ3v) is 5.75. The van der Waals surface area contributed by atoms with Gasteiger partial charge in [0.05, 0.1) is 16.1 Å². The number of nitrogens with one attached hydrogen (secondary N) is 1. The Hall–Kier alpha value is -0.970. The van der Waals surface area contributed by atoms with E-state index in [1.165, 1.54) is 0 Å². The highest BCUT2D eigenvalue weighted by atomic mass is 35.5. The number of carbonyl (C=O) groups is 2. The van der Waals surface area contributed by atoms with E-state index in [4.69, 9.17) is 34.8 Å². The lowest BCUT2D eigenvalue weighted by molar-refractivity contribution is -0.120. The van der Waals surface area contributed by atoms with Crippen LogP contribution in [0.5, 0.6) is 0 Å². The van der Waals surface area contributed by atoms with Crippen LogP contribution in [0.15, 0.2) is 18.2 Å². The minimum absolute atomic E-state index is 0.0645. The highest BCUT2D eigenvalue weighted by Gasteiger charge is 2.67. The molecule has 1 fully saturated rings. The van der Waals surface area contributed by atoms with Gasteiger partial charge < -0.3 is 10.2 Å². The van der Waals surface area contributed by atoms with E-state index >= 15 is 0 Å². The molecule has 1 saturated carbocycles. The Balaban J connectivity index is 2.22. The van der Waals surface area contributed by atoms with Gasteiger partial charge in [-0.2, -0.15) is 0 Å². The summed E-state index contributed by atoms with van der Waals surface area (Å²) in [6.07, 6.45) is 0.376. The van der Waals surface area contributed by atoms with E-state index in [2.05, 4.69) is 5.32 Å². The van der Waals surface area contributed by atoms with Gasteiger partial charge in [0.2, 0.25) is 5.91 Å². The molecule has 0 radical (unpaired) electrons. The van der Waals surface area contributed by atoms with E-state index in [1.807, 2.05) is 13.8 Å². The van der Waals surface area contributed by atoms with Crippen molar-refractivity contribution in [1.29, 1.82) is 0 Å². The highest BCUT2D eigenvalue weighted by molar-refractivity contribution is 6.53. The molecule has 1 N–H and O–H groups in total. The van der Waals surface area contributed by atoms with Gasteiger partial charge in [-0.1, -0.05) is 11.6 Å². The van der Waals surface area contributed by atoms with E-state index in [0.717, 1.165) is 0 Å². The first-order valence-electron chi connectivity index (χ1n) is 7.25. The number of rotatable bonds is 4. The number of anilines is 1. The number of hydrogen-bond donors (Lipinski definition) is 1. The molecule has 0 spiro atoms. The quantitative estimate of drug-likeness (QED) is 0.793. The van der Waals surface area contributed by atoms with Gasteiger partial charge in [0, 0.05) is 18.7 Å². The summed E-state index contributed by atoms with van der Waals surface area (Å²) < 4.78 is -1.06. The van der Waals surface area contributed by atoms with Crippen molar-refractivity contribution in [2.75, 3.05) is 12.4 Å². The summed E-state index contributed by atoms with van der Waals surface area (Å²) in [7, 11) is 1.72. The SMILES string of the molecule is CC(C)N(C)C(=O)c1ccc(Cl)c(NC(=O)[C@@]2(C)CC2(Cl)Cl)c1. The molecule has 0 aliphatic heterocycles. The third-order valence-electron chi connectivity index (χ3n) is 4.32. The lowest BCUT2D eigenvalue weighted by Gasteiger charge is -2.22. The van der Waals surface area contributed by atoms with E-state index in [9.17, 15) is 9.59 Å². The molecule has 126 valence electrons. The Morgan fingerprint density at radius 2 is 1.87 bits per heavy atom. The Morgan fingerprint density at radius 3 is 2.35 bits per heavy atom. The number of alkyl halides is 2. The van der Waals surface area contributed by atoms with Crippen molar-refractivity contribution < 1.29 is 9.59 Å². The molecule has 23 heavy (non-hydrogen) atoms. The molecule has 0 heterocycles. The molecule has 7 heteroatoms. The van der Waals surface area contributed by atoms with Crippen LogP contribution < -0.4 is 5.32 Å². The zero-order valence-electron chi connectivity index (χ0n) is 13.4. The zero-order chi connectivity index (χ0) is 17.6. The van der Waals surface area contributed by atoms with Gasteiger partial charge in [0.1, 0.15) is 4.33 Å². The predicted octanol–water partition coefficient (Wildman–Crippen LogP) is 4.34. The molecule has 1 aromatic carbocycles. The largest absolute Gasteiger partial charge is 0.339 e. The fraction of sp³-hybridized carbons (Fsp3) is 0.500. The Labute approximate surface area is 151 Å². The number of halogens is 3. The van der Waals surface area contributed by atoms with Gasteiger partial charge in [-0.05, 0) is 45.4 Å². The maximum absolute atomic E-state index is 12.4. The van der Waals surface area contributed by atoms with Crippen molar-refractivity contribution in [2.45, 2.75) is 37.6 Å². The van der Waals surface area contributed by atoms with Crippen molar-refractivity contribution in [3.63, 3.8) is 0 Å². The van der Waals surface area contributed by atoms with Crippen LogP contribution in [0, 0.1) is 5.41 Å². The Bertz CT molecular complexity index is 661. The molecule has 1 aliphatic rings. The van der Waals surface area contributed by atoms with Crippen LogP contribution in [0.1, 0.15) is 37.6 Å². The normalized spacial score (nSPS) is 21.9. The van der Waals surface area contributed by atoms with Crippen molar-refractivity contribution >= 4 is 52.3 Å². The van der Waals surface area contributed by atoms with Crippen LogP contribution in [-0.4, -0.2) is 34.1 Å². The molecule has 1 aromatic rings. The maximum atomic E-state index is 12.4. The van der Waals surface area contributed by atoms with Gasteiger partial charge >= 0.3 is 0 Å². The molecule has 4 nitrogen and oxygen atoms in total. The summed E-state index contributed by atoms with van der Waals surface area (Å²) in [6.45, 7) is 5.54. The van der Waals surface area contributed by atoms with Crippen molar-refractivity contribution in [1.82, 2.24) is 4.90 Å². The van der Waals surface area contributed by atoms with Gasteiger partial charge in [0.15, 0.2) is 0 Å². The maximum Gasteiger partial charge on any atom is 0.253 e. The van der Waals surface area contributed by atoms with Gasteiger partial charge in [-0.15, -0.1) is 23.2 Å². The summed E-state index contributed by atoms with van der Waals surface area (Å²) in [5.74, 6) is -0.458. The van der Waals surface area contributed by atoms with Crippen LogP contribution in [0.25, 0.3) is 0 Å². The fourth-order valence-electron chi connectivity index (χ4n) is 2.10. The standard InChI is InChI=1S/C16H19Cl3N2O2/c1-9(2)21(4)13(22)10-5-6-11(17)12(7-10)20-14(23)15(3)8-16(15,18)19/h5-7,9H,8H2,1-4H3,(H,20,23)/t15-/m1/s1. The molecular formula is C16H19Cl3N2O2. The molecule has 0 saturated heterocycles. The average molecular weight is 378 g/mol. The third kappa shape index (κ3) is 3.44. The first-order valence-corrected chi connectivity index (χ1v) is 8.39. The number of hydrogen-bond acceptors (Lipinski definition) is 2. The smallest absolute Gasteiger partial charge is 0.253 e. The number of benzene rings is 1. The van der Waals surface area contributed by atoms with E-state index in [0.29, 0.717) is 22.7 Å². The van der Waals surface area contributed by atoms with E-state index in [-0.39, 0.29) is 17.9 Å². The molecule has 2 rings (SSSR count). The first kappa shape index (κ1) is 18.4. The molecule has 0 unspecified atom stereocenters.